The van der Waals surface area contributed by atoms with Crippen molar-refractivity contribution in [2.45, 2.75) is 40.3 Å². The Morgan fingerprint density at radius 2 is 1.70 bits per heavy atom. The fraction of sp³-hybridized carbons (Fsp3) is 0.381. The highest BCUT2D eigenvalue weighted by Crippen LogP contribution is 2.08. The topological polar surface area (TPSA) is 80.2 Å². The van der Waals surface area contributed by atoms with E-state index in [2.05, 4.69) is 24.5 Å². The molecule has 2 rings (SSSR count). The number of aryl methyl sites for hydroxylation is 2. The van der Waals surface area contributed by atoms with E-state index in [4.69, 9.17) is 0 Å². The molecule has 6 nitrogen and oxygen atoms in total. The van der Waals surface area contributed by atoms with Gasteiger partial charge in [0.15, 0.2) is 0 Å². The van der Waals surface area contributed by atoms with Crippen molar-refractivity contribution in [2.75, 3.05) is 7.05 Å². The number of nitrogens with one attached hydrogen (secondary N) is 2. The number of pyridine rings is 1. The van der Waals surface area contributed by atoms with Crippen LogP contribution in [0.3, 0.4) is 0 Å². The summed E-state index contributed by atoms with van der Waals surface area (Å²) in [6.45, 7) is 7.10. The molecule has 0 unspecified atom stereocenters. The van der Waals surface area contributed by atoms with E-state index < -0.39 is 17.2 Å². The molecule has 0 atom stereocenters. The summed E-state index contributed by atoms with van der Waals surface area (Å²) >= 11 is 0. The molecule has 1 heterocycles. The first-order valence-corrected chi connectivity index (χ1v) is 9.12. The third-order valence-corrected chi connectivity index (χ3v) is 4.46. The summed E-state index contributed by atoms with van der Waals surface area (Å²) in [4.78, 5) is 37.4. The van der Waals surface area contributed by atoms with Crippen molar-refractivity contribution in [1.82, 2.24) is 15.2 Å². The third kappa shape index (κ3) is 5.29. The van der Waals surface area contributed by atoms with Gasteiger partial charge in [0.2, 0.25) is 5.43 Å². The fourth-order valence-corrected chi connectivity index (χ4v) is 2.70. The quantitative estimate of drug-likeness (QED) is 0.787. The number of hydrogen-bond donors (Lipinski definition) is 2. The summed E-state index contributed by atoms with van der Waals surface area (Å²) in [5.74, 6) is -0.509. The van der Waals surface area contributed by atoms with Gasteiger partial charge in [-0.15, -0.1) is 0 Å². The van der Waals surface area contributed by atoms with Gasteiger partial charge in [0.05, 0.1) is 0 Å². The second kappa shape index (κ2) is 9.16. The maximum atomic E-state index is 12.6. The summed E-state index contributed by atoms with van der Waals surface area (Å²) < 4.78 is 1.74. The SMILES string of the molecule is CNC(=O)c1cn(CCC(C)C)cc(C(=O)NCc2ccccc2C)c1=O. The van der Waals surface area contributed by atoms with Gasteiger partial charge in [-0.3, -0.25) is 14.4 Å². The predicted octanol–water partition coefficient (Wildman–Crippen LogP) is 2.49. The van der Waals surface area contributed by atoms with Crippen molar-refractivity contribution in [1.29, 1.82) is 0 Å². The van der Waals surface area contributed by atoms with Crippen LogP contribution in [0.5, 0.6) is 0 Å². The number of amides is 2. The molecule has 0 fully saturated rings. The lowest BCUT2D eigenvalue weighted by molar-refractivity contribution is 0.0949. The Bertz CT molecular complexity index is 884. The summed E-state index contributed by atoms with van der Waals surface area (Å²) in [5.41, 5.74) is 1.44. The minimum Gasteiger partial charge on any atom is -0.355 e. The molecule has 0 spiro atoms. The average Bonchev–Trinajstić information content (AvgIpc) is 2.65. The average molecular weight is 369 g/mol. The smallest absolute Gasteiger partial charge is 0.257 e. The fourth-order valence-electron chi connectivity index (χ4n) is 2.70. The monoisotopic (exact) mass is 369 g/mol. The number of nitrogens with zero attached hydrogens (tertiary/aromatic N) is 1. The highest BCUT2D eigenvalue weighted by Gasteiger charge is 2.18. The van der Waals surface area contributed by atoms with Gasteiger partial charge < -0.3 is 15.2 Å². The van der Waals surface area contributed by atoms with Crippen molar-refractivity contribution in [3.63, 3.8) is 0 Å². The number of rotatable bonds is 7. The summed E-state index contributed by atoms with van der Waals surface area (Å²) in [6.07, 6.45) is 3.92. The summed E-state index contributed by atoms with van der Waals surface area (Å²) in [5, 5.41) is 5.25. The van der Waals surface area contributed by atoms with E-state index in [-0.39, 0.29) is 11.1 Å². The zero-order valence-electron chi connectivity index (χ0n) is 16.3. The van der Waals surface area contributed by atoms with Crippen molar-refractivity contribution >= 4 is 11.8 Å². The van der Waals surface area contributed by atoms with Gasteiger partial charge in [-0.25, -0.2) is 0 Å². The third-order valence-electron chi connectivity index (χ3n) is 4.46. The van der Waals surface area contributed by atoms with Crippen LogP contribution in [0.25, 0.3) is 0 Å². The molecule has 144 valence electrons. The number of benzene rings is 1. The normalized spacial score (nSPS) is 10.7. The maximum absolute atomic E-state index is 12.6. The van der Waals surface area contributed by atoms with Gasteiger partial charge in [0.25, 0.3) is 11.8 Å². The number of hydrogen-bond acceptors (Lipinski definition) is 3. The Morgan fingerprint density at radius 3 is 2.30 bits per heavy atom. The van der Waals surface area contributed by atoms with Crippen molar-refractivity contribution in [3.05, 3.63) is 69.1 Å². The Labute approximate surface area is 159 Å². The lowest BCUT2D eigenvalue weighted by Gasteiger charge is -2.13. The van der Waals surface area contributed by atoms with Gasteiger partial charge in [-0.05, 0) is 30.4 Å². The van der Waals surface area contributed by atoms with Crippen LogP contribution in [0.15, 0.2) is 41.5 Å². The maximum Gasteiger partial charge on any atom is 0.257 e. The molecular weight excluding hydrogens is 342 g/mol. The van der Waals surface area contributed by atoms with Gasteiger partial charge >= 0.3 is 0 Å². The zero-order valence-corrected chi connectivity index (χ0v) is 16.3. The Morgan fingerprint density at radius 1 is 1.07 bits per heavy atom. The molecule has 0 bridgehead atoms. The van der Waals surface area contributed by atoms with Gasteiger partial charge in [-0.2, -0.15) is 0 Å². The first kappa shape index (κ1) is 20.4. The van der Waals surface area contributed by atoms with Crippen LogP contribution in [-0.4, -0.2) is 23.4 Å². The summed E-state index contributed by atoms with van der Waals surface area (Å²) in [6, 6.07) is 7.73. The number of carbonyl (C=O) groups is 2. The Kier molecular flexibility index (Phi) is 6.93. The molecule has 0 aliphatic rings. The van der Waals surface area contributed by atoms with Crippen LogP contribution in [0, 0.1) is 12.8 Å². The van der Waals surface area contributed by atoms with E-state index in [0.717, 1.165) is 17.5 Å². The predicted molar refractivity (Wildman–Crippen MR) is 106 cm³/mol. The molecule has 2 amide bonds. The molecule has 1 aromatic heterocycles. The molecular formula is C21H27N3O3. The van der Waals surface area contributed by atoms with Gasteiger partial charge in [-0.1, -0.05) is 38.1 Å². The van der Waals surface area contributed by atoms with Crippen molar-refractivity contribution in [2.24, 2.45) is 5.92 Å². The second-order valence-electron chi connectivity index (χ2n) is 7.02. The van der Waals surface area contributed by atoms with Crippen LogP contribution in [0.4, 0.5) is 0 Å². The molecule has 27 heavy (non-hydrogen) atoms. The van der Waals surface area contributed by atoms with Gasteiger partial charge in [0, 0.05) is 32.5 Å². The lowest BCUT2D eigenvalue weighted by atomic mass is 10.1. The van der Waals surface area contributed by atoms with Crippen molar-refractivity contribution < 1.29 is 9.59 Å². The molecule has 0 saturated heterocycles. The largest absolute Gasteiger partial charge is 0.355 e. The van der Waals surface area contributed by atoms with Crippen molar-refractivity contribution in [3.8, 4) is 0 Å². The lowest BCUT2D eigenvalue weighted by Crippen LogP contribution is -2.34. The van der Waals surface area contributed by atoms with E-state index in [1.807, 2.05) is 31.2 Å². The zero-order chi connectivity index (χ0) is 20.0. The Balaban J connectivity index is 2.31. The number of carbonyl (C=O) groups excluding carboxylic acids is 2. The molecule has 6 heteroatoms. The van der Waals surface area contributed by atoms with Crippen LogP contribution in [-0.2, 0) is 13.1 Å². The van der Waals surface area contributed by atoms with Crippen LogP contribution in [0.2, 0.25) is 0 Å². The van der Waals surface area contributed by atoms with Crippen LogP contribution in [0.1, 0.15) is 52.1 Å². The Hall–Kier alpha value is -2.89. The first-order chi connectivity index (χ1) is 12.8. The molecule has 0 radical (unpaired) electrons. The highest BCUT2D eigenvalue weighted by molar-refractivity contribution is 5.99. The minimum atomic E-state index is -0.558. The molecule has 0 aliphatic heterocycles. The van der Waals surface area contributed by atoms with E-state index >= 15 is 0 Å². The highest BCUT2D eigenvalue weighted by atomic mass is 16.2. The number of aromatic nitrogens is 1. The van der Waals surface area contributed by atoms with Crippen LogP contribution < -0.4 is 16.1 Å². The molecule has 2 N–H and O–H groups in total. The molecule has 0 aliphatic carbocycles. The molecule has 1 aromatic carbocycles. The first-order valence-electron chi connectivity index (χ1n) is 9.12. The second-order valence-corrected chi connectivity index (χ2v) is 7.02. The van der Waals surface area contributed by atoms with E-state index in [1.54, 1.807) is 4.57 Å². The molecule has 0 saturated carbocycles. The van der Waals surface area contributed by atoms with E-state index in [0.29, 0.717) is 19.0 Å². The van der Waals surface area contributed by atoms with Crippen LogP contribution >= 0.6 is 0 Å². The van der Waals surface area contributed by atoms with Gasteiger partial charge in [0.1, 0.15) is 11.1 Å². The van der Waals surface area contributed by atoms with E-state index in [1.165, 1.54) is 19.4 Å². The minimum absolute atomic E-state index is 0.0200. The summed E-state index contributed by atoms with van der Waals surface area (Å²) in [7, 11) is 1.46. The van der Waals surface area contributed by atoms with E-state index in [9.17, 15) is 14.4 Å². The standard InChI is InChI=1S/C21H27N3O3/c1-14(2)9-10-24-12-17(20(26)22-4)19(25)18(13-24)21(27)23-11-16-8-6-5-7-15(16)3/h5-8,12-14H,9-11H2,1-4H3,(H,22,26)(H,23,27). The molecule has 2 aromatic rings.